The highest BCUT2D eigenvalue weighted by atomic mass is 79.9. The van der Waals surface area contributed by atoms with Gasteiger partial charge in [0.1, 0.15) is 0 Å². The van der Waals surface area contributed by atoms with E-state index in [1.807, 2.05) is 12.1 Å². The minimum atomic E-state index is 0.0466. The van der Waals surface area contributed by atoms with Crippen LogP contribution < -0.4 is 0 Å². The van der Waals surface area contributed by atoms with Gasteiger partial charge in [-0.2, -0.15) is 0 Å². The molecule has 0 saturated carbocycles. The van der Waals surface area contributed by atoms with E-state index in [0.717, 1.165) is 22.3 Å². The van der Waals surface area contributed by atoms with E-state index in [2.05, 4.69) is 34.4 Å². The van der Waals surface area contributed by atoms with Crippen LogP contribution in [0.4, 0.5) is 0 Å². The van der Waals surface area contributed by atoms with Gasteiger partial charge in [-0.3, -0.25) is 4.98 Å². The Morgan fingerprint density at radius 3 is 2.93 bits per heavy atom. The molecule has 76 valence electrons. The number of pyridine rings is 1. The topological polar surface area (TPSA) is 12.9 Å². The molecule has 0 radical (unpaired) electrons. The van der Waals surface area contributed by atoms with Crippen molar-refractivity contribution in [3.8, 4) is 0 Å². The second kappa shape index (κ2) is 4.94. The molecule has 1 heterocycles. The molecule has 0 saturated heterocycles. The van der Waals surface area contributed by atoms with Gasteiger partial charge in [0.15, 0.2) is 0 Å². The zero-order chi connectivity index (χ0) is 10.6. The first-order valence-corrected chi connectivity index (χ1v) is 5.89. The number of hydrogen-bond acceptors (Lipinski definition) is 1. The van der Waals surface area contributed by atoms with Crippen molar-refractivity contribution in [2.75, 3.05) is 5.33 Å². The first-order valence-electron chi connectivity index (χ1n) is 4.39. The Balaban J connectivity index is 2.87. The average Bonchev–Trinajstić information content (AvgIpc) is 2.21. The maximum absolute atomic E-state index is 6.03. The monoisotopic (exact) mass is 273 g/mol. The summed E-state index contributed by atoms with van der Waals surface area (Å²) in [7, 11) is 0. The van der Waals surface area contributed by atoms with Gasteiger partial charge in [0.25, 0.3) is 0 Å². The molecular formula is C11H13BrClN. The number of rotatable bonds is 4. The van der Waals surface area contributed by atoms with Crippen molar-refractivity contribution in [3.05, 3.63) is 41.7 Å². The summed E-state index contributed by atoms with van der Waals surface area (Å²) in [4.78, 5) is 3.96. The van der Waals surface area contributed by atoms with Gasteiger partial charge in [-0.15, -0.1) is 6.58 Å². The Morgan fingerprint density at radius 2 is 2.43 bits per heavy atom. The lowest BCUT2D eigenvalue weighted by molar-refractivity contribution is 0.493. The number of aromatic nitrogens is 1. The molecular weight excluding hydrogens is 261 g/mol. The first kappa shape index (κ1) is 11.7. The summed E-state index contributed by atoms with van der Waals surface area (Å²) in [5.41, 5.74) is 1.16. The Kier molecular flexibility index (Phi) is 4.14. The predicted octanol–water partition coefficient (Wildman–Crippen LogP) is 3.86. The van der Waals surface area contributed by atoms with Crippen molar-refractivity contribution >= 4 is 27.5 Å². The third kappa shape index (κ3) is 2.82. The summed E-state index contributed by atoms with van der Waals surface area (Å²) in [6, 6.07) is 1.95. The van der Waals surface area contributed by atoms with Crippen LogP contribution in [-0.4, -0.2) is 10.3 Å². The molecule has 1 rings (SSSR count). The number of nitrogens with zero attached hydrogens (tertiary/aromatic N) is 1. The van der Waals surface area contributed by atoms with Crippen LogP contribution in [0.5, 0.6) is 0 Å². The Bertz CT molecular complexity index is 327. The van der Waals surface area contributed by atoms with Gasteiger partial charge < -0.3 is 0 Å². The van der Waals surface area contributed by atoms with Gasteiger partial charge in [-0.05, 0) is 23.5 Å². The molecule has 0 fully saturated rings. The van der Waals surface area contributed by atoms with Crippen LogP contribution in [-0.2, 0) is 6.42 Å². The molecule has 0 aliphatic heterocycles. The first-order chi connectivity index (χ1) is 6.61. The zero-order valence-electron chi connectivity index (χ0n) is 8.13. The molecule has 1 nitrogen and oxygen atoms in total. The van der Waals surface area contributed by atoms with Crippen LogP contribution in [0.1, 0.15) is 12.5 Å². The highest BCUT2D eigenvalue weighted by Crippen LogP contribution is 2.28. The van der Waals surface area contributed by atoms with Crippen molar-refractivity contribution in [2.24, 2.45) is 5.41 Å². The molecule has 3 heteroatoms. The molecule has 0 N–H and O–H groups in total. The summed E-state index contributed by atoms with van der Waals surface area (Å²) < 4.78 is 0. The van der Waals surface area contributed by atoms with Gasteiger partial charge >= 0.3 is 0 Å². The number of alkyl halides is 1. The van der Waals surface area contributed by atoms with Crippen molar-refractivity contribution in [2.45, 2.75) is 13.3 Å². The van der Waals surface area contributed by atoms with Crippen LogP contribution in [0, 0.1) is 5.41 Å². The Hall–Kier alpha value is -0.340. The normalized spacial score (nSPS) is 14.8. The van der Waals surface area contributed by atoms with Crippen molar-refractivity contribution in [1.29, 1.82) is 0 Å². The van der Waals surface area contributed by atoms with Crippen LogP contribution in [0.2, 0.25) is 5.02 Å². The maximum Gasteiger partial charge on any atom is 0.0621 e. The fourth-order valence-corrected chi connectivity index (χ4v) is 1.77. The lowest BCUT2D eigenvalue weighted by atomic mass is 9.86. The molecule has 1 atom stereocenters. The highest BCUT2D eigenvalue weighted by Gasteiger charge is 2.20. The number of halogens is 2. The fourth-order valence-electron chi connectivity index (χ4n) is 1.16. The molecule has 0 aliphatic carbocycles. The van der Waals surface area contributed by atoms with Crippen LogP contribution in [0.15, 0.2) is 31.1 Å². The van der Waals surface area contributed by atoms with Gasteiger partial charge in [0.05, 0.1) is 5.02 Å². The smallest absolute Gasteiger partial charge is 0.0621 e. The molecule has 1 aromatic heterocycles. The van der Waals surface area contributed by atoms with Crippen molar-refractivity contribution in [1.82, 2.24) is 4.98 Å². The molecule has 14 heavy (non-hydrogen) atoms. The summed E-state index contributed by atoms with van der Waals surface area (Å²) in [6.07, 6.45) is 6.27. The number of allylic oxidation sites excluding steroid dienone is 1. The summed E-state index contributed by atoms with van der Waals surface area (Å²) in [5.74, 6) is 0. The zero-order valence-corrected chi connectivity index (χ0v) is 10.5. The van der Waals surface area contributed by atoms with Gasteiger partial charge in [-0.1, -0.05) is 40.5 Å². The van der Waals surface area contributed by atoms with Crippen LogP contribution in [0.3, 0.4) is 0 Å². The lowest BCUT2D eigenvalue weighted by Crippen LogP contribution is -2.18. The minimum absolute atomic E-state index is 0.0466. The highest BCUT2D eigenvalue weighted by molar-refractivity contribution is 9.09. The van der Waals surface area contributed by atoms with E-state index < -0.39 is 0 Å². The molecule has 0 spiro atoms. The molecule has 0 aliphatic rings. The van der Waals surface area contributed by atoms with Crippen LogP contribution >= 0.6 is 27.5 Å². The lowest BCUT2D eigenvalue weighted by Gasteiger charge is -2.23. The minimum Gasteiger partial charge on any atom is -0.263 e. The largest absolute Gasteiger partial charge is 0.263 e. The average molecular weight is 275 g/mol. The van der Waals surface area contributed by atoms with Gasteiger partial charge in [0, 0.05) is 17.7 Å². The molecule has 0 amide bonds. The standard InChI is InChI=1S/C11H13BrClN/c1-3-11(2,8-12)6-9-4-5-14-7-10(9)13/h3-5,7H,1,6,8H2,2H3. The van der Waals surface area contributed by atoms with Crippen molar-refractivity contribution < 1.29 is 0 Å². The molecule has 1 unspecified atom stereocenters. The second-order valence-electron chi connectivity index (χ2n) is 3.64. The fraction of sp³-hybridized carbons (Fsp3) is 0.364. The van der Waals surface area contributed by atoms with E-state index in [1.165, 1.54) is 0 Å². The molecule has 1 aromatic rings. The maximum atomic E-state index is 6.03. The van der Waals surface area contributed by atoms with Crippen molar-refractivity contribution in [3.63, 3.8) is 0 Å². The van der Waals surface area contributed by atoms with E-state index in [4.69, 9.17) is 11.6 Å². The van der Waals surface area contributed by atoms with E-state index in [0.29, 0.717) is 0 Å². The molecule has 0 aromatic carbocycles. The SMILES string of the molecule is C=CC(C)(CBr)Cc1ccncc1Cl. The molecule has 0 bridgehead atoms. The third-order valence-electron chi connectivity index (χ3n) is 2.25. The van der Waals surface area contributed by atoms with E-state index in [9.17, 15) is 0 Å². The second-order valence-corrected chi connectivity index (χ2v) is 4.60. The van der Waals surface area contributed by atoms with E-state index in [1.54, 1.807) is 12.4 Å². The summed E-state index contributed by atoms with van der Waals surface area (Å²) in [6.45, 7) is 5.99. The third-order valence-corrected chi connectivity index (χ3v) is 3.87. The quantitative estimate of drug-likeness (QED) is 0.600. The van der Waals surface area contributed by atoms with E-state index >= 15 is 0 Å². The Labute approximate surface area is 98.3 Å². The Morgan fingerprint density at radius 1 is 1.71 bits per heavy atom. The van der Waals surface area contributed by atoms with Crippen LogP contribution in [0.25, 0.3) is 0 Å². The predicted molar refractivity (Wildman–Crippen MR) is 65.0 cm³/mol. The van der Waals surface area contributed by atoms with Gasteiger partial charge in [0.2, 0.25) is 0 Å². The summed E-state index contributed by atoms with van der Waals surface area (Å²) >= 11 is 9.52. The van der Waals surface area contributed by atoms with Gasteiger partial charge in [-0.25, -0.2) is 0 Å². The number of hydrogen-bond donors (Lipinski definition) is 0. The summed E-state index contributed by atoms with van der Waals surface area (Å²) in [5, 5.41) is 1.60. The van der Waals surface area contributed by atoms with E-state index in [-0.39, 0.29) is 5.41 Å².